The average molecular weight is 496 g/mol. The van der Waals surface area contributed by atoms with Gasteiger partial charge in [0.25, 0.3) is 5.56 Å². The molecule has 0 bridgehead atoms. The van der Waals surface area contributed by atoms with E-state index in [1.807, 2.05) is 84.3 Å². The van der Waals surface area contributed by atoms with Crippen molar-refractivity contribution in [2.75, 3.05) is 7.11 Å². The summed E-state index contributed by atoms with van der Waals surface area (Å²) in [7, 11) is 1.64. The molecule has 0 radical (unpaired) electrons. The van der Waals surface area contributed by atoms with E-state index < -0.39 is 0 Å². The first-order valence-electron chi connectivity index (χ1n) is 11.6. The molecular weight excluding hydrogens is 474 g/mol. The zero-order valence-electron chi connectivity index (χ0n) is 19.8. The van der Waals surface area contributed by atoms with E-state index in [-0.39, 0.29) is 5.56 Å². The van der Waals surface area contributed by atoms with Crippen molar-refractivity contribution in [1.82, 2.24) is 24.1 Å². The highest BCUT2D eigenvalue weighted by molar-refractivity contribution is 6.30. The van der Waals surface area contributed by atoms with Crippen LogP contribution in [0.3, 0.4) is 0 Å². The van der Waals surface area contributed by atoms with E-state index in [0.717, 1.165) is 27.9 Å². The number of nitrogens with zero attached hydrogens (tertiary/aromatic N) is 5. The number of para-hydroxylation sites is 2. The summed E-state index contributed by atoms with van der Waals surface area (Å²) in [5.74, 6) is 1.40. The maximum Gasteiger partial charge on any atom is 0.265 e. The monoisotopic (exact) mass is 495 g/mol. The minimum atomic E-state index is -0.143. The third-order valence-electron chi connectivity index (χ3n) is 6.39. The molecule has 0 fully saturated rings. The van der Waals surface area contributed by atoms with Crippen LogP contribution in [0.4, 0.5) is 0 Å². The van der Waals surface area contributed by atoms with Crippen LogP contribution in [0, 0.1) is 6.92 Å². The number of fused-ring (bicyclic) bond motifs is 4. The average Bonchev–Trinajstić information content (AvgIpc) is 3.18. The Morgan fingerprint density at radius 1 is 0.778 bits per heavy atom. The SMILES string of the molecule is COc1ccc(Cn2c3nc4ccccc4nc3c3c(=O)n(Cc4ccc(Cl)cc4)c(C)nc32)cc1. The Morgan fingerprint density at radius 2 is 1.39 bits per heavy atom. The lowest BCUT2D eigenvalue weighted by Crippen LogP contribution is -2.24. The van der Waals surface area contributed by atoms with E-state index >= 15 is 0 Å². The number of rotatable bonds is 5. The highest BCUT2D eigenvalue weighted by Crippen LogP contribution is 2.27. The standard InChI is InChI=1S/C28H22ClN5O2/c1-17-30-26-24(28(35)33(17)15-18-7-11-20(29)12-8-18)25-27(32-23-6-4-3-5-22(23)31-25)34(26)16-19-9-13-21(36-2)14-10-19/h3-14H,15-16H2,1-2H3. The normalized spacial score (nSPS) is 11.5. The van der Waals surface area contributed by atoms with Gasteiger partial charge in [0, 0.05) is 5.02 Å². The summed E-state index contributed by atoms with van der Waals surface area (Å²) >= 11 is 6.05. The van der Waals surface area contributed by atoms with Gasteiger partial charge in [-0.15, -0.1) is 0 Å². The zero-order chi connectivity index (χ0) is 24.8. The van der Waals surface area contributed by atoms with Crippen LogP contribution in [0.5, 0.6) is 5.75 Å². The summed E-state index contributed by atoms with van der Waals surface area (Å²) in [4.78, 5) is 28.6. The summed E-state index contributed by atoms with van der Waals surface area (Å²) in [5.41, 5.74) is 5.12. The molecule has 0 saturated heterocycles. The molecule has 8 heteroatoms. The van der Waals surface area contributed by atoms with Crippen molar-refractivity contribution in [1.29, 1.82) is 0 Å². The summed E-state index contributed by atoms with van der Waals surface area (Å²) in [6.45, 7) is 2.73. The van der Waals surface area contributed by atoms with Crippen molar-refractivity contribution >= 4 is 44.8 Å². The predicted octanol–water partition coefficient (Wildman–Crippen LogP) is 5.36. The van der Waals surface area contributed by atoms with Crippen LogP contribution in [0.25, 0.3) is 33.2 Å². The van der Waals surface area contributed by atoms with Crippen LogP contribution in [-0.2, 0) is 13.1 Å². The fraction of sp³-hybridized carbons (Fsp3) is 0.143. The highest BCUT2D eigenvalue weighted by Gasteiger charge is 2.21. The number of halogens is 1. The summed E-state index contributed by atoms with van der Waals surface area (Å²) in [5, 5.41) is 1.12. The van der Waals surface area contributed by atoms with Gasteiger partial charge in [0.1, 0.15) is 22.5 Å². The molecule has 0 amide bonds. The van der Waals surface area contributed by atoms with Crippen molar-refractivity contribution in [3.8, 4) is 5.75 Å². The number of hydrogen-bond acceptors (Lipinski definition) is 5. The Hall–Kier alpha value is -4.23. The van der Waals surface area contributed by atoms with Crippen molar-refractivity contribution < 1.29 is 4.74 Å². The van der Waals surface area contributed by atoms with Gasteiger partial charge in [-0.2, -0.15) is 0 Å². The maximum absolute atomic E-state index is 13.9. The quantitative estimate of drug-likeness (QED) is 0.322. The first kappa shape index (κ1) is 22.2. The summed E-state index contributed by atoms with van der Waals surface area (Å²) in [6, 6.07) is 23.0. The molecule has 0 saturated carbocycles. The van der Waals surface area contributed by atoms with Crippen molar-refractivity contribution in [2.45, 2.75) is 20.0 Å². The second kappa shape index (κ2) is 8.77. The lowest BCUT2D eigenvalue weighted by atomic mass is 10.2. The van der Waals surface area contributed by atoms with Gasteiger partial charge < -0.3 is 9.30 Å². The van der Waals surface area contributed by atoms with Gasteiger partial charge in [-0.3, -0.25) is 9.36 Å². The second-order valence-corrected chi connectivity index (χ2v) is 9.13. The lowest BCUT2D eigenvalue weighted by molar-refractivity contribution is 0.414. The van der Waals surface area contributed by atoms with Gasteiger partial charge in [-0.25, -0.2) is 15.0 Å². The van der Waals surface area contributed by atoms with Gasteiger partial charge in [0.15, 0.2) is 11.3 Å². The fourth-order valence-corrected chi connectivity index (χ4v) is 4.64. The minimum absolute atomic E-state index is 0.143. The number of ether oxygens (including phenoxy) is 1. The molecule has 0 unspecified atom stereocenters. The molecular formula is C28H22ClN5O2. The second-order valence-electron chi connectivity index (χ2n) is 8.69. The van der Waals surface area contributed by atoms with E-state index in [2.05, 4.69) is 0 Å². The van der Waals surface area contributed by atoms with Crippen LogP contribution in [0.2, 0.25) is 5.02 Å². The Balaban J connectivity index is 1.60. The molecule has 178 valence electrons. The van der Waals surface area contributed by atoms with Gasteiger partial charge in [-0.1, -0.05) is 48.0 Å². The van der Waals surface area contributed by atoms with Crippen molar-refractivity contribution in [3.63, 3.8) is 0 Å². The van der Waals surface area contributed by atoms with E-state index in [0.29, 0.717) is 46.1 Å². The van der Waals surface area contributed by atoms with Crippen LogP contribution in [0.1, 0.15) is 17.0 Å². The summed E-state index contributed by atoms with van der Waals surface area (Å²) < 4.78 is 8.96. The highest BCUT2D eigenvalue weighted by atomic mass is 35.5. The third-order valence-corrected chi connectivity index (χ3v) is 6.65. The number of aryl methyl sites for hydroxylation is 1. The van der Waals surface area contributed by atoms with Gasteiger partial charge in [0.2, 0.25) is 0 Å². The first-order chi connectivity index (χ1) is 17.5. The number of benzene rings is 3. The molecule has 0 atom stereocenters. The molecule has 3 aromatic heterocycles. The molecule has 7 nitrogen and oxygen atoms in total. The Kier molecular flexibility index (Phi) is 5.42. The molecule has 0 aliphatic carbocycles. The summed E-state index contributed by atoms with van der Waals surface area (Å²) in [6.07, 6.45) is 0. The lowest BCUT2D eigenvalue weighted by Gasteiger charge is -2.11. The third kappa shape index (κ3) is 3.78. The molecule has 0 spiro atoms. The molecule has 3 aromatic carbocycles. The Morgan fingerprint density at radius 3 is 2.06 bits per heavy atom. The fourth-order valence-electron chi connectivity index (χ4n) is 4.52. The van der Waals surface area contributed by atoms with Gasteiger partial charge in [-0.05, 0) is 54.4 Å². The van der Waals surface area contributed by atoms with Gasteiger partial charge in [0.05, 0.1) is 31.2 Å². The molecule has 0 N–H and O–H groups in total. The maximum atomic E-state index is 13.9. The smallest absolute Gasteiger partial charge is 0.265 e. The zero-order valence-corrected chi connectivity index (χ0v) is 20.5. The van der Waals surface area contributed by atoms with Crippen molar-refractivity contribution in [2.24, 2.45) is 0 Å². The molecule has 3 heterocycles. The largest absolute Gasteiger partial charge is 0.497 e. The van der Waals surface area contributed by atoms with Crippen LogP contribution >= 0.6 is 11.6 Å². The predicted molar refractivity (Wildman–Crippen MR) is 142 cm³/mol. The molecule has 0 aliphatic rings. The molecule has 36 heavy (non-hydrogen) atoms. The van der Waals surface area contributed by atoms with Crippen molar-refractivity contribution in [3.05, 3.63) is 105 Å². The van der Waals surface area contributed by atoms with Crippen LogP contribution in [0.15, 0.2) is 77.6 Å². The van der Waals surface area contributed by atoms with E-state index in [1.54, 1.807) is 11.7 Å². The number of aromatic nitrogens is 5. The Labute approximate surface area is 211 Å². The van der Waals surface area contributed by atoms with Crippen LogP contribution < -0.4 is 10.3 Å². The Bertz CT molecular complexity index is 1810. The van der Waals surface area contributed by atoms with E-state index in [1.165, 1.54) is 0 Å². The van der Waals surface area contributed by atoms with E-state index in [4.69, 9.17) is 31.3 Å². The van der Waals surface area contributed by atoms with Crippen LogP contribution in [-0.4, -0.2) is 31.2 Å². The molecule has 0 aliphatic heterocycles. The number of hydrogen-bond donors (Lipinski definition) is 0. The van der Waals surface area contributed by atoms with E-state index in [9.17, 15) is 4.79 Å². The van der Waals surface area contributed by atoms with Gasteiger partial charge >= 0.3 is 0 Å². The first-order valence-corrected chi connectivity index (χ1v) is 11.9. The molecule has 6 aromatic rings. The number of methoxy groups -OCH3 is 1. The molecule has 6 rings (SSSR count). The minimum Gasteiger partial charge on any atom is -0.497 e. The topological polar surface area (TPSA) is 74.8 Å².